The van der Waals surface area contributed by atoms with Gasteiger partial charge in [-0.1, -0.05) is 6.07 Å². The van der Waals surface area contributed by atoms with E-state index >= 15 is 0 Å². The van der Waals surface area contributed by atoms with E-state index in [9.17, 15) is 0 Å². The van der Waals surface area contributed by atoms with E-state index in [0.29, 0.717) is 0 Å². The Balaban J connectivity index is 2.43. The first-order chi connectivity index (χ1) is 7.24. The summed E-state index contributed by atoms with van der Waals surface area (Å²) in [5.74, 6) is 0. The van der Waals surface area contributed by atoms with Crippen LogP contribution in [0.3, 0.4) is 0 Å². The molecule has 3 nitrogen and oxygen atoms in total. The van der Waals surface area contributed by atoms with E-state index < -0.39 is 0 Å². The summed E-state index contributed by atoms with van der Waals surface area (Å²) in [4.78, 5) is 2.09. The molecule has 0 bridgehead atoms. The van der Waals surface area contributed by atoms with Crippen molar-refractivity contribution < 1.29 is 4.74 Å². The highest BCUT2D eigenvalue weighted by molar-refractivity contribution is 5.57. The largest absolute Gasteiger partial charge is 0.383 e. The summed E-state index contributed by atoms with van der Waals surface area (Å²) in [5, 5.41) is 3.32. The third-order valence-corrected chi connectivity index (χ3v) is 2.14. The minimum atomic E-state index is 0.753. The molecule has 0 amide bonds. The Morgan fingerprint density at radius 1 is 1.33 bits per heavy atom. The monoisotopic (exact) mass is 208 g/mol. The number of hydrogen-bond acceptors (Lipinski definition) is 3. The minimum Gasteiger partial charge on any atom is -0.383 e. The summed E-state index contributed by atoms with van der Waals surface area (Å²) < 4.78 is 5.26. The molecule has 0 saturated heterocycles. The summed E-state index contributed by atoms with van der Waals surface area (Å²) in [7, 11) is 4.08. The third kappa shape index (κ3) is 4.21. The van der Waals surface area contributed by atoms with Gasteiger partial charge in [0.2, 0.25) is 0 Å². The maximum atomic E-state index is 5.26. The lowest BCUT2D eigenvalue weighted by Gasteiger charge is -2.14. The van der Waals surface area contributed by atoms with Crippen molar-refractivity contribution in [1.82, 2.24) is 0 Å². The number of rotatable bonds is 6. The Bertz CT molecular complexity index is 287. The van der Waals surface area contributed by atoms with Crippen molar-refractivity contribution in [2.75, 3.05) is 44.1 Å². The molecule has 0 unspecified atom stereocenters. The predicted octanol–water partition coefficient (Wildman–Crippen LogP) is 2.20. The fourth-order valence-electron chi connectivity index (χ4n) is 1.31. The van der Waals surface area contributed by atoms with Crippen molar-refractivity contribution in [3.8, 4) is 0 Å². The molecule has 0 aliphatic rings. The van der Waals surface area contributed by atoms with Crippen molar-refractivity contribution in [3.63, 3.8) is 0 Å². The lowest BCUT2D eigenvalue weighted by atomic mass is 10.2. The molecular weight excluding hydrogens is 188 g/mol. The molecule has 15 heavy (non-hydrogen) atoms. The standard InChI is InChI=1S/C12H20N2O/c1-4-15-9-8-13-11-6-5-7-12(10-11)14(2)3/h5-7,10,13H,4,8-9H2,1-3H3. The van der Waals surface area contributed by atoms with Crippen LogP contribution in [0, 0.1) is 0 Å². The second-order valence-electron chi connectivity index (χ2n) is 3.57. The number of ether oxygens (including phenoxy) is 1. The maximum absolute atomic E-state index is 5.26. The van der Waals surface area contributed by atoms with E-state index in [0.717, 1.165) is 25.4 Å². The smallest absolute Gasteiger partial charge is 0.0638 e. The van der Waals surface area contributed by atoms with Gasteiger partial charge >= 0.3 is 0 Å². The zero-order chi connectivity index (χ0) is 11.1. The summed E-state index contributed by atoms with van der Waals surface area (Å²) in [6, 6.07) is 8.34. The van der Waals surface area contributed by atoms with E-state index in [1.54, 1.807) is 0 Å². The van der Waals surface area contributed by atoms with Crippen LogP contribution >= 0.6 is 0 Å². The zero-order valence-electron chi connectivity index (χ0n) is 9.79. The number of nitrogens with zero attached hydrogens (tertiary/aromatic N) is 1. The van der Waals surface area contributed by atoms with Crippen molar-refractivity contribution in [2.24, 2.45) is 0 Å². The van der Waals surface area contributed by atoms with Crippen LogP contribution in [0.25, 0.3) is 0 Å². The molecule has 0 fully saturated rings. The van der Waals surface area contributed by atoms with Gasteiger partial charge in [0.25, 0.3) is 0 Å². The molecule has 0 radical (unpaired) electrons. The van der Waals surface area contributed by atoms with Crippen molar-refractivity contribution in [1.29, 1.82) is 0 Å². The van der Waals surface area contributed by atoms with Gasteiger partial charge in [-0.05, 0) is 25.1 Å². The summed E-state index contributed by atoms with van der Waals surface area (Å²) in [6.07, 6.45) is 0. The number of hydrogen-bond donors (Lipinski definition) is 1. The Kier molecular flexibility index (Phi) is 4.98. The normalized spacial score (nSPS) is 10.1. The van der Waals surface area contributed by atoms with Crippen LogP contribution in [0.5, 0.6) is 0 Å². The van der Waals surface area contributed by atoms with E-state index in [1.165, 1.54) is 5.69 Å². The van der Waals surface area contributed by atoms with Gasteiger partial charge in [-0.25, -0.2) is 0 Å². The van der Waals surface area contributed by atoms with Gasteiger partial charge in [0.05, 0.1) is 6.61 Å². The zero-order valence-corrected chi connectivity index (χ0v) is 9.79. The Morgan fingerprint density at radius 2 is 2.13 bits per heavy atom. The maximum Gasteiger partial charge on any atom is 0.0638 e. The first kappa shape index (κ1) is 11.9. The van der Waals surface area contributed by atoms with Crippen LogP contribution < -0.4 is 10.2 Å². The molecule has 0 aliphatic carbocycles. The molecule has 0 atom stereocenters. The molecular formula is C12H20N2O. The highest BCUT2D eigenvalue weighted by Gasteiger charge is 1.96. The molecule has 0 saturated carbocycles. The molecule has 0 heterocycles. The molecule has 0 aromatic heterocycles. The van der Waals surface area contributed by atoms with Crippen LogP contribution in [0.15, 0.2) is 24.3 Å². The third-order valence-electron chi connectivity index (χ3n) is 2.14. The van der Waals surface area contributed by atoms with Crippen molar-refractivity contribution in [3.05, 3.63) is 24.3 Å². The number of benzene rings is 1. The first-order valence-electron chi connectivity index (χ1n) is 5.33. The molecule has 1 aromatic rings. The highest BCUT2D eigenvalue weighted by Crippen LogP contribution is 2.16. The second kappa shape index (κ2) is 6.30. The van der Waals surface area contributed by atoms with Gasteiger partial charge in [0.1, 0.15) is 0 Å². The van der Waals surface area contributed by atoms with Gasteiger partial charge in [-0.2, -0.15) is 0 Å². The van der Waals surface area contributed by atoms with Crippen LogP contribution in [-0.2, 0) is 4.74 Å². The number of nitrogens with one attached hydrogen (secondary N) is 1. The Hall–Kier alpha value is -1.22. The highest BCUT2D eigenvalue weighted by atomic mass is 16.5. The second-order valence-corrected chi connectivity index (χ2v) is 3.57. The summed E-state index contributed by atoms with van der Waals surface area (Å²) in [6.45, 7) is 4.39. The summed E-state index contributed by atoms with van der Waals surface area (Å²) in [5.41, 5.74) is 2.34. The topological polar surface area (TPSA) is 24.5 Å². The van der Waals surface area contributed by atoms with Crippen LogP contribution in [0.1, 0.15) is 6.92 Å². The van der Waals surface area contributed by atoms with Crippen LogP contribution in [0.4, 0.5) is 11.4 Å². The quantitative estimate of drug-likeness (QED) is 0.725. The fourth-order valence-corrected chi connectivity index (χ4v) is 1.31. The number of anilines is 2. The summed E-state index contributed by atoms with van der Waals surface area (Å²) >= 11 is 0. The molecule has 1 N–H and O–H groups in total. The SMILES string of the molecule is CCOCCNc1cccc(N(C)C)c1. The van der Waals surface area contributed by atoms with E-state index in [2.05, 4.69) is 34.5 Å². The van der Waals surface area contributed by atoms with Crippen molar-refractivity contribution >= 4 is 11.4 Å². The molecule has 1 rings (SSSR count). The van der Waals surface area contributed by atoms with Gasteiger partial charge in [0.15, 0.2) is 0 Å². The van der Waals surface area contributed by atoms with Crippen molar-refractivity contribution in [2.45, 2.75) is 6.92 Å². The average molecular weight is 208 g/mol. The van der Waals surface area contributed by atoms with Crippen LogP contribution in [-0.4, -0.2) is 33.9 Å². The van der Waals surface area contributed by atoms with E-state index in [-0.39, 0.29) is 0 Å². The van der Waals surface area contributed by atoms with Gasteiger partial charge < -0.3 is 15.0 Å². The van der Waals surface area contributed by atoms with Gasteiger partial charge in [-0.3, -0.25) is 0 Å². The lowest BCUT2D eigenvalue weighted by molar-refractivity contribution is 0.158. The predicted molar refractivity (Wildman–Crippen MR) is 65.8 cm³/mol. The van der Waals surface area contributed by atoms with E-state index in [4.69, 9.17) is 4.74 Å². The minimum absolute atomic E-state index is 0.753. The fraction of sp³-hybridized carbons (Fsp3) is 0.500. The Labute approximate surface area is 92.0 Å². The Morgan fingerprint density at radius 3 is 2.80 bits per heavy atom. The first-order valence-corrected chi connectivity index (χ1v) is 5.33. The molecule has 3 heteroatoms. The average Bonchev–Trinajstić information content (AvgIpc) is 2.25. The van der Waals surface area contributed by atoms with Crippen LogP contribution in [0.2, 0.25) is 0 Å². The molecule has 1 aromatic carbocycles. The molecule has 0 aliphatic heterocycles. The van der Waals surface area contributed by atoms with Gasteiger partial charge in [0, 0.05) is 38.6 Å². The van der Waals surface area contributed by atoms with Gasteiger partial charge in [-0.15, -0.1) is 0 Å². The van der Waals surface area contributed by atoms with E-state index in [1.807, 2.05) is 21.0 Å². The molecule has 0 spiro atoms. The molecule has 84 valence electrons. The lowest BCUT2D eigenvalue weighted by Crippen LogP contribution is -2.11.